The molecule has 26 heavy (non-hydrogen) atoms. The number of anilines is 2. The summed E-state index contributed by atoms with van der Waals surface area (Å²) >= 11 is 9.22. The van der Waals surface area contributed by atoms with E-state index in [0.717, 1.165) is 32.6 Å². The number of nitrogens with one attached hydrogen (secondary N) is 2. The third kappa shape index (κ3) is 5.45. The maximum atomic E-state index is 12.0. The summed E-state index contributed by atoms with van der Waals surface area (Å²) in [5, 5.41) is 15.7. The van der Waals surface area contributed by atoms with Crippen LogP contribution in [0.25, 0.3) is 0 Å². The van der Waals surface area contributed by atoms with Crippen molar-refractivity contribution in [3.8, 4) is 0 Å². The molecule has 0 aliphatic rings. The van der Waals surface area contributed by atoms with Crippen molar-refractivity contribution < 1.29 is 4.79 Å². The highest BCUT2D eigenvalue weighted by molar-refractivity contribution is 7.97. The molecule has 5 nitrogen and oxygen atoms in total. The van der Waals surface area contributed by atoms with Gasteiger partial charge in [-0.25, -0.2) is 4.79 Å². The summed E-state index contributed by atoms with van der Waals surface area (Å²) in [4.78, 5) is 12.0. The molecule has 2 amide bonds. The Balaban J connectivity index is 1.47. The number of thioether (sulfide) groups is 1. The molecule has 2 aromatic carbocycles. The van der Waals surface area contributed by atoms with Crippen LogP contribution >= 0.6 is 34.7 Å². The Morgan fingerprint density at radius 1 is 1.08 bits per heavy atom. The van der Waals surface area contributed by atoms with Gasteiger partial charge in [0, 0.05) is 22.2 Å². The van der Waals surface area contributed by atoms with E-state index in [-0.39, 0.29) is 6.03 Å². The van der Waals surface area contributed by atoms with E-state index in [1.165, 1.54) is 11.3 Å². The zero-order valence-corrected chi connectivity index (χ0v) is 16.4. The monoisotopic (exact) mass is 404 g/mol. The van der Waals surface area contributed by atoms with Gasteiger partial charge in [0.15, 0.2) is 0 Å². The number of rotatable bonds is 6. The average molecular weight is 405 g/mol. The fourth-order valence-electron chi connectivity index (χ4n) is 2.12. The highest BCUT2D eigenvalue weighted by Gasteiger charge is 2.09. The Bertz CT molecular complexity index is 883. The number of nitrogens with zero attached hydrogens (tertiary/aromatic N) is 2. The zero-order valence-electron chi connectivity index (χ0n) is 14.0. The van der Waals surface area contributed by atoms with E-state index < -0.39 is 0 Å². The number of carbonyl (C=O) groups excluding carboxylic acids is 1. The molecule has 0 saturated carbocycles. The minimum absolute atomic E-state index is 0.333. The van der Waals surface area contributed by atoms with Crippen LogP contribution in [-0.4, -0.2) is 16.2 Å². The molecule has 3 rings (SSSR count). The molecule has 1 aromatic heterocycles. The van der Waals surface area contributed by atoms with Gasteiger partial charge in [0.2, 0.25) is 5.13 Å². The minimum Gasteiger partial charge on any atom is -0.308 e. The number of carbonyl (C=O) groups is 1. The molecule has 0 bridgehead atoms. The van der Waals surface area contributed by atoms with Crippen molar-refractivity contribution >= 4 is 51.5 Å². The van der Waals surface area contributed by atoms with Crippen molar-refractivity contribution in [3.63, 3.8) is 0 Å². The number of aryl methyl sites for hydroxylation is 1. The minimum atomic E-state index is -0.333. The first-order chi connectivity index (χ1) is 12.6. The van der Waals surface area contributed by atoms with Crippen molar-refractivity contribution in [2.24, 2.45) is 0 Å². The van der Waals surface area contributed by atoms with Gasteiger partial charge in [-0.3, -0.25) is 5.32 Å². The van der Waals surface area contributed by atoms with Crippen LogP contribution in [-0.2, 0) is 11.5 Å². The Labute approximate surface area is 165 Å². The fraction of sp³-hybridized carbons (Fsp3) is 0.167. The molecule has 0 radical (unpaired) electrons. The number of hydrogen-bond donors (Lipinski definition) is 2. The SMILES string of the molecule is Cc1ccc(NC(=O)Nc2nnc(CSCc3ccccc3Cl)s2)cc1. The van der Waals surface area contributed by atoms with Crippen LogP contribution in [0, 0.1) is 6.92 Å². The summed E-state index contributed by atoms with van der Waals surface area (Å²) in [5.41, 5.74) is 2.96. The summed E-state index contributed by atoms with van der Waals surface area (Å²) < 4.78 is 0. The Morgan fingerprint density at radius 2 is 1.85 bits per heavy atom. The number of benzene rings is 2. The lowest BCUT2D eigenvalue weighted by molar-refractivity contribution is 0.262. The van der Waals surface area contributed by atoms with Gasteiger partial charge >= 0.3 is 6.03 Å². The van der Waals surface area contributed by atoms with Crippen LogP contribution in [0.5, 0.6) is 0 Å². The molecule has 0 unspecified atom stereocenters. The van der Waals surface area contributed by atoms with Gasteiger partial charge < -0.3 is 5.32 Å². The van der Waals surface area contributed by atoms with E-state index in [9.17, 15) is 4.79 Å². The molecule has 134 valence electrons. The highest BCUT2D eigenvalue weighted by atomic mass is 35.5. The first-order valence-electron chi connectivity index (χ1n) is 7.88. The Kier molecular flexibility index (Phi) is 6.49. The van der Waals surface area contributed by atoms with Gasteiger partial charge in [0.05, 0.1) is 0 Å². The van der Waals surface area contributed by atoms with Crippen LogP contribution < -0.4 is 10.6 Å². The predicted molar refractivity (Wildman–Crippen MR) is 110 cm³/mol. The number of aromatic nitrogens is 2. The topological polar surface area (TPSA) is 66.9 Å². The van der Waals surface area contributed by atoms with Crippen molar-refractivity contribution in [3.05, 3.63) is 69.7 Å². The Morgan fingerprint density at radius 3 is 2.62 bits per heavy atom. The van der Waals surface area contributed by atoms with E-state index in [1.807, 2.05) is 55.5 Å². The molecular formula is C18H17ClN4OS2. The molecule has 0 spiro atoms. The van der Waals surface area contributed by atoms with Crippen molar-refractivity contribution in [1.29, 1.82) is 0 Å². The molecule has 0 aliphatic carbocycles. The van der Waals surface area contributed by atoms with Crippen LogP contribution in [0.1, 0.15) is 16.1 Å². The smallest absolute Gasteiger partial charge is 0.308 e. The zero-order chi connectivity index (χ0) is 18.4. The number of hydrogen-bond acceptors (Lipinski definition) is 5. The molecule has 8 heteroatoms. The third-order valence-electron chi connectivity index (χ3n) is 3.44. The van der Waals surface area contributed by atoms with E-state index in [1.54, 1.807) is 11.8 Å². The second-order valence-corrected chi connectivity index (χ2v) is 7.99. The summed E-state index contributed by atoms with van der Waals surface area (Å²) in [7, 11) is 0. The third-order valence-corrected chi connectivity index (χ3v) is 5.82. The Hall–Kier alpha value is -2.09. The quantitative estimate of drug-likeness (QED) is 0.563. The van der Waals surface area contributed by atoms with Crippen LogP contribution in [0.2, 0.25) is 5.02 Å². The van der Waals surface area contributed by atoms with Gasteiger partial charge in [-0.05, 0) is 30.7 Å². The molecular weight excluding hydrogens is 388 g/mol. The molecule has 0 aliphatic heterocycles. The fourth-order valence-corrected chi connectivity index (χ4v) is 4.23. The predicted octanol–water partition coefficient (Wildman–Crippen LogP) is 5.58. The second kappa shape index (κ2) is 9.02. The average Bonchev–Trinajstić information content (AvgIpc) is 3.06. The van der Waals surface area contributed by atoms with Crippen LogP contribution in [0.15, 0.2) is 48.5 Å². The number of halogens is 1. The lowest BCUT2D eigenvalue weighted by atomic mass is 10.2. The first kappa shape index (κ1) is 18.7. The van der Waals surface area contributed by atoms with Gasteiger partial charge in [-0.2, -0.15) is 0 Å². The molecule has 1 heterocycles. The molecule has 0 fully saturated rings. The van der Waals surface area contributed by atoms with Crippen molar-refractivity contribution in [2.75, 3.05) is 10.6 Å². The van der Waals surface area contributed by atoms with E-state index >= 15 is 0 Å². The van der Waals surface area contributed by atoms with Gasteiger partial charge in [0.25, 0.3) is 0 Å². The lowest BCUT2D eigenvalue weighted by Crippen LogP contribution is -2.19. The van der Waals surface area contributed by atoms with Gasteiger partial charge in [0.1, 0.15) is 5.01 Å². The van der Waals surface area contributed by atoms with Crippen molar-refractivity contribution in [1.82, 2.24) is 10.2 Å². The number of amides is 2. The van der Waals surface area contributed by atoms with E-state index in [0.29, 0.717) is 10.9 Å². The summed E-state index contributed by atoms with van der Waals surface area (Å²) in [6, 6.07) is 15.0. The van der Waals surface area contributed by atoms with Gasteiger partial charge in [-0.1, -0.05) is 58.8 Å². The molecule has 0 atom stereocenters. The number of urea groups is 1. The molecule has 3 aromatic rings. The standard InChI is InChI=1S/C18H17ClN4OS2/c1-12-6-8-14(9-7-12)20-17(24)21-18-23-22-16(26-18)11-25-10-13-4-2-3-5-15(13)19/h2-9H,10-11H2,1H3,(H2,20,21,23,24). The summed E-state index contributed by atoms with van der Waals surface area (Å²) in [5.74, 6) is 1.51. The first-order valence-corrected chi connectivity index (χ1v) is 10.2. The van der Waals surface area contributed by atoms with Crippen LogP contribution in [0.3, 0.4) is 0 Å². The summed E-state index contributed by atoms with van der Waals surface area (Å²) in [6.45, 7) is 2.00. The van der Waals surface area contributed by atoms with E-state index in [2.05, 4.69) is 20.8 Å². The lowest BCUT2D eigenvalue weighted by Gasteiger charge is -2.05. The maximum Gasteiger partial charge on any atom is 0.325 e. The normalized spacial score (nSPS) is 10.5. The largest absolute Gasteiger partial charge is 0.325 e. The van der Waals surface area contributed by atoms with E-state index in [4.69, 9.17) is 11.6 Å². The molecule has 2 N–H and O–H groups in total. The summed E-state index contributed by atoms with van der Waals surface area (Å²) in [6.07, 6.45) is 0. The maximum absolute atomic E-state index is 12.0. The second-order valence-electron chi connectivity index (χ2n) is 5.53. The van der Waals surface area contributed by atoms with Crippen molar-refractivity contribution in [2.45, 2.75) is 18.4 Å². The molecule has 0 saturated heterocycles. The highest BCUT2D eigenvalue weighted by Crippen LogP contribution is 2.25. The van der Waals surface area contributed by atoms with Gasteiger partial charge in [-0.15, -0.1) is 22.0 Å². The van der Waals surface area contributed by atoms with Crippen LogP contribution in [0.4, 0.5) is 15.6 Å².